The third-order valence-electron chi connectivity index (χ3n) is 32.0. The van der Waals surface area contributed by atoms with E-state index >= 15 is 0 Å². The molecule has 40 atom stereocenters. The Labute approximate surface area is 848 Å². The summed E-state index contributed by atoms with van der Waals surface area (Å²) in [6, 6.07) is 10.3. The predicted molar refractivity (Wildman–Crippen MR) is 534 cm³/mol. The van der Waals surface area contributed by atoms with E-state index in [0.29, 0.717) is 79.7 Å². The van der Waals surface area contributed by atoms with E-state index in [2.05, 4.69) is 126 Å². The molecule has 32 nitrogen and oxygen atoms in total. The maximum absolute atomic E-state index is 14.4. The topological polar surface area (TPSA) is 373 Å². The highest BCUT2D eigenvalue weighted by molar-refractivity contribution is 8.14. The number of aliphatic imine (C=N–C) groups is 1. The van der Waals surface area contributed by atoms with Gasteiger partial charge in [-0.05, 0) is 131 Å². The fourth-order valence-electron chi connectivity index (χ4n) is 23.9. The largest absolute Gasteiger partial charge is 0.462 e. The van der Waals surface area contributed by atoms with Crippen molar-refractivity contribution in [1.82, 2.24) is 15.5 Å². The number of esters is 2. The number of aliphatic hydroxyl groups is 4. The molecule has 4 bridgehead atoms. The molecule has 2 aliphatic carbocycles. The average Bonchev–Trinajstić information content (AvgIpc) is 1.61. The number of hydrogen-bond acceptors (Lipinski definition) is 31. The number of nitrogens with zero attached hydrogens (tertiary/aromatic N) is 2. The quantitative estimate of drug-likeness (QED) is 0.0587. The smallest absolute Gasteiger partial charge is 0.316 e. The first-order chi connectivity index (χ1) is 68.2. The zero-order chi connectivity index (χ0) is 103. The molecule has 794 valence electrons. The molecule has 14 aliphatic heterocycles. The van der Waals surface area contributed by atoms with Gasteiger partial charge in [-0.3, -0.25) is 24.2 Å². The molecule has 0 saturated carbocycles. The lowest BCUT2D eigenvalue weighted by molar-refractivity contribution is -0.311. The lowest BCUT2D eigenvalue weighted by atomic mass is 9.71. The van der Waals surface area contributed by atoms with Crippen LogP contribution in [0.2, 0.25) is 0 Å². The number of ether oxygens (including phenoxy) is 20. The molecular weight excluding hydrogens is 1860 g/mol. The van der Waals surface area contributed by atoms with Crippen LogP contribution >= 0.6 is 11.8 Å². The highest BCUT2D eigenvalue weighted by Crippen LogP contribution is 2.52. The normalized spacial score (nSPS) is 45.2. The Balaban J connectivity index is 0.000000188. The number of fused-ring (bicyclic) bond motifs is 5. The third kappa shape index (κ3) is 24.9. The number of carbonyl (C=O) groups excluding carboxylic acids is 4. The van der Waals surface area contributed by atoms with E-state index in [1.54, 1.807) is 66.6 Å². The van der Waals surface area contributed by atoms with Crippen LogP contribution in [0.4, 0.5) is 0 Å². The Morgan fingerprint density at radius 2 is 0.951 bits per heavy atom. The number of amidine groups is 1. The Morgan fingerprint density at radius 3 is 1.37 bits per heavy atom. The summed E-state index contributed by atoms with van der Waals surface area (Å²) in [4.78, 5) is 59.6. The summed E-state index contributed by atoms with van der Waals surface area (Å²) in [5, 5.41) is 54.6. The number of hydrogen-bond donors (Lipinski definition) is 6. The van der Waals surface area contributed by atoms with Gasteiger partial charge in [0.25, 0.3) is 0 Å². The standard InChI is InChI=1S/C50H75NO14.C49H73NO14.C11H12N2S/c1-12-26(2)45-29(5)18-19-49(65-45)24-36-21-35(64-49)17-16-28(4)44(27(3)14-13-15-34-25-58-47-43(53)30(6)20-37(48(54)61-36)50(34,47)55)62-41-23-39(57-11)46(32(8)60-41)63-40-22-38(56-10)42(31(7)59-40)51-33(9)52;1-25(2)43-28(5)17-18-48(64-43)23-35-20-34(63-48)16-15-27(4)44(26(3)13-12-14-33-24-57-46-42(52)29(6)19-36(47(53)60-35)49(33,46)54)61-40-22-38(56-11)45(31(8)59-40)62-39-21-37(55-10)41(30(7)58-39)50-32(9)51;1-2-4-9(5-3-1)10-8-13-6-7-14-11(13)12-10/h13-16,18-20,26-27,29,31-32,35-47,53,55H,12,17,21-25H2,1-11H3,(H,51,52);12-15,17-19,25-26,28,30-31,34-46,52,54H,16,20-24H2,1-11H3,(H,50,51);1-5,10H,6-8H2/b14-13+,28-16+,34-15+;13-12+,27-15+,33-14+;/t26-,27-,29-,31-,32-,35+,36-,37-,38-,39-,40-,41-,42+,43+,44-,45+,46-,47+,49+,50+;26-,28-,30-,31-,34+,35-,36-,37-,38-,39-,40-,41+,42+,43+,44-,45-,46+,48+,49+;10-/m001/s1. The molecule has 1 aromatic rings. The van der Waals surface area contributed by atoms with E-state index in [0.717, 1.165) is 24.1 Å². The number of nitrogens with one attached hydrogen (secondary N) is 2. The molecule has 143 heavy (non-hydrogen) atoms. The summed E-state index contributed by atoms with van der Waals surface area (Å²) in [5.41, 5.74) is 1.57. The van der Waals surface area contributed by atoms with E-state index in [9.17, 15) is 39.6 Å². The Hall–Kier alpha value is -6.56. The van der Waals surface area contributed by atoms with Gasteiger partial charge in [-0.25, -0.2) is 0 Å². The summed E-state index contributed by atoms with van der Waals surface area (Å²) in [7, 11) is 6.54. The predicted octanol–water partition coefficient (Wildman–Crippen LogP) is 12.8. The molecule has 17 rings (SSSR count). The number of methoxy groups -OCH3 is 4. The van der Waals surface area contributed by atoms with Crippen LogP contribution in [0.25, 0.3) is 0 Å². The van der Waals surface area contributed by atoms with Crippen molar-refractivity contribution in [2.45, 2.75) is 396 Å². The van der Waals surface area contributed by atoms with Gasteiger partial charge in [-0.1, -0.05) is 177 Å². The summed E-state index contributed by atoms with van der Waals surface area (Å²) in [6.07, 6.45) is 17.9. The third-order valence-corrected chi connectivity index (χ3v) is 33.0. The number of carbonyl (C=O) groups is 4. The first kappa shape index (κ1) is 111. The minimum absolute atomic E-state index is 0.0266. The van der Waals surface area contributed by atoms with Gasteiger partial charge < -0.3 is 131 Å². The summed E-state index contributed by atoms with van der Waals surface area (Å²) in [5.74, 6) is -4.36. The molecule has 9 saturated heterocycles. The van der Waals surface area contributed by atoms with Gasteiger partial charge >= 0.3 is 11.9 Å². The van der Waals surface area contributed by atoms with Crippen LogP contribution in [0.15, 0.2) is 154 Å². The van der Waals surface area contributed by atoms with E-state index in [4.69, 9.17) is 99.7 Å². The van der Waals surface area contributed by atoms with Crippen LogP contribution < -0.4 is 10.6 Å². The van der Waals surface area contributed by atoms with Crippen LogP contribution in [0.3, 0.4) is 0 Å². The van der Waals surface area contributed by atoms with Gasteiger partial charge in [0.2, 0.25) is 11.8 Å². The molecule has 0 aromatic heterocycles. The highest BCUT2D eigenvalue weighted by Gasteiger charge is 2.63. The summed E-state index contributed by atoms with van der Waals surface area (Å²) >= 11 is 1.89. The fraction of sp³-hybridized carbons (Fsp3) is 0.718. The molecule has 14 heterocycles. The second kappa shape index (κ2) is 47.7. The maximum atomic E-state index is 14.4. The Bertz CT molecular complexity index is 4890. The second-order valence-electron chi connectivity index (χ2n) is 42.9. The number of amides is 2. The van der Waals surface area contributed by atoms with Gasteiger partial charge in [0.15, 0.2) is 41.9 Å². The van der Waals surface area contributed by atoms with Crippen LogP contribution in [-0.2, 0) is 114 Å². The van der Waals surface area contributed by atoms with Crippen LogP contribution in [0, 0.1) is 47.3 Å². The maximum Gasteiger partial charge on any atom is 0.316 e. The Kier molecular flexibility index (Phi) is 36.9. The molecule has 16 aliphatic rings. The van der Waals surface area contributed by atoms with Crippen molar-refractivity contribution >= 4 is 40.7 Å². The zero-order valence-electron chi connectivity index (χ0n) is 87.5. The molecular formula is C110H160N4O28S. The SMILES string of the molecule is CC[C@H](C)[C@H]1O[C@]2(C=C[C@@H]1C)C[C@@H]1C[C@@H](C/C=C(\C)[C@@H](O[C@H]3C[C@H](OC)[C@@H](O[C@H]4C[C@H](OC)[C@H](NC(C)=O)[C@H](C)O4)[C@H](C)O3)[C@@H](C)/C=C/C=C3\CO[C@@H]4[C@H](O)C(C)=C[C@@H](C(=O)O1)[C@]34O)O2.CO[C@H]1C[C@H](O[C@H]2[C@H](C)O[C@@H](O[C@@H]3/C(C)=C/C[C@@H]4C[C@@H](C[C@]5(C=C[C@H](C)[C@@H](C(C)C)O5)O4)OC(=O)[C@@H]4C=C(C)[C@@H](O)[C@H]5OC/C(=C\C=C\[C@@H]3C)[C@]54O)C[C@@H]2OC)O[C@@H](C)[C@H]1NC(C)=O.c1ccc([C@H]2CN3CCSC3=N2)cc1. The van der Waals surface area contributed by atoms with Crippen molar-refractivity contribution in [3.63, 3.8) is 0 Å². The summed E-state index contributed by atoms with van der Waals surface area (Å²) in [6.45, 7) is 37.4. The van der Waals surface area contributed by atoms with Gasteiger partial charge in [-0.15, -0.1) is 0 Å². The lowest BCUT2D eigenvalue weighted by Crippen LogP contribution is -2.58. The molecule has 2 amide bonds. The van der Waals surface area contributed by atoms with Crippen LogP contribution in [-0.4, -0.2) is 309 Å². The first-order valence-corrected chi connectivity index (χ1v) is 53.1. The molecule has 33 heteroatoms. The van der Waals surface area contributed by atoms with Crippen molar-refractivity contribution in [3.8, 4) is 0 Å². The van der Waals surface area contributed by atoms with Crippen molar-refractivity contribution in [2.75, 3.05) is 60.5 Å². The number of thioether (sulfide) groups is 1. The fourth-order valence-corrected chi connectivity index (χ4v) is 24.9. The molecule has 6 N–H and O–H groups in total. The first-order valence-electron chi connectivity index (χ1n) is 52.1. The average molecular weight is 2020 g/mol. The van der Waals surface area contributed by atoms with Crippen LogP contribution in [0.1, 0.15) is 207 Å². The van der Waals surface area contributed by atoms with Crippen molar-refractivity contribution in [2.24, 2.45) is 52.3 Å². The monoisotopic (exact) mass is 2020 g/mol. The number of allylic oxidation sites excluding steroid dienone is 4. The van der Waals surface area contributed by atoms with E-state index in [1.165, 1.54) is 36.9 Å². The number of benzene rings is 1. The molecule has 2 spiro atoms. The van der Waals surface area contributed by atoms with Crippen molar-refractivity contribution in [1.29, 1.82) is 0 Å². The number of aliphatic hydroxyl groups excluding tert-OH is 2. The Morgan fingerprint density at radius 1 is 0.531 bits per heavy atom. The summed E-state index contributed by atoms with van der Waals surface area (Å²) < 4.78 is 129. The second-order valence-corrected chi connectivity index (χ2v) is 43.9. The minimum atomic E-state index is -1.84. The van der Waals surface area contributed by atoms with Gasteiger partial charge in [0.05, 0.1) is 117 Å². The van der Waals surface area contributed by atoms with E-state index in [-0.39, 0.29) is 122 Å². The zero-order valence-corrected chi connectivity index (χ0v) is 88.4. The molecule has 9 fully saturated rings. The minimum Gasteiger partial charge on any atom is -0.462 e. The molecule has 0 radical (unpaired) electrons. The van der Waals surface area contributed by atoms with E-state index in [1.807, 2.05) is 89.8 Å². The molecule has 1 aromatic carbocycles. The van der Waals surface area contributed by atoms with Crippen LogP contribution in [0.5, 0.6) is 0 Å². The van der Waals surface area contributed by atoms with Crippen molar-refractivity contribution in [3.05, 3.63) is 154 Å². The van der Waals surface area contributed by atoms with Crippen molar-refractivity contribution < 1.29 is 134 Å². The lowest BCUT2D eigenvalue weighted by Gasteiger charge is -2.48. The highest BCUT2D eigenvalue weighted by atomic mass is 32.2. The van der Waals surface area contributed by atoms with Gasteiger partial charge in [0.1, 0.15) is 71.9 Å². The van der Waals surface area contributed by atoms with E-state index < -0.39 is 169 Å². The van der Waals surface area contributed by atoms with Gasteiger partial charge in [0, 0.05) is 136 Å². The molecule has 0 unspecified atom stereocenters. The number of rotatable bonds is 18. The van der Waals surface area contributed by atoms with Gasteiger partial charge in [-0.2, -0.15) is 0 Å².